The van der Waals surface area contributed by atoms with E-state index < -0.39 is 0 Å². The topological polar surface area (TPSA) is 35.6 Å². The van der Waals surface area contributed by atoms with Gasteiger partial charge >= 0.3 is 0 Å². The fraction of sp³-hybridized carbons (Fsp3) is 0.667. The predicted octanol–water partition coefficient (Wildman–Crippen LogP) is 2.22. The first-order valence-corrected chi connectivity index (χ1v) is 10.1. The number of rotatable bonds is 4. The van der Waals surface area contributed by atoms with Crippen LogP contribution in [0.25, 0.3) is 0 Å². The molecule has 1 aromatic rings. The normalized spacial score (nSPS) is 23.5. The minimum Gasteiger partial charge on any atom is -0.352 e. The van der Waals surface area contributed by atoms with E-state index in [1.807, 2.05) is 0 Å². The van der Waals surface area contributed by atoms with Crippen LogP contribution in [0.3, 0.4) is 0 Å². The molecule has 1 saturated heterocycles. The van der Waals surface area contributed by atoms with E-state index in [1.54, 1.807) is 0 Å². The SMILES string of the molecule is O=C(CN1CCN(C2CCCCC2)CC1)NC1Cc2ccccc2C1. The molecule has 0 radical (unpaired) electrons. The summed E-state index contributed by atoms with van der Waals surface area (Å²) in [6.45, 7) is 4.90. The molecule has 4 nitrogen and oxygen atoms in total. The highest BCUT2D eigenvalue weighted by atomic mass is 16.2. The van der Waals surface area contributed by atoms with Gasteiger partial charge in [0, 0.05) is 38.3 Å². The molecule has 1 saturated carbocycles. The maximum Gasteiger partial charge on any atom is 0.234 e. The third-order valence-electron chi connectivity index (χ3n) is 6.28. The van der Waals surface area contributed by atoms with Crippen molar-refractivity contribution in [2.24, 2.45) is 0 Å². The molecule has 0 aromatic heterocycles. The molecule has 2 fully saturated rings. The summed E-state index contributed by atoms with van der Waals surface area (Å²) in [6.07, 6.45) is 8.94. The van der Waals surface area contributed by atoms with Gasteiger partial charge in [0.05, 0.1) is 6.54 Å². The van der Waals surface area contributed by atoms with E-state index in [4.69, 9.17) is 0 Å². The predicted molar refractivity (Wildman–Crippen MR) is 101 cm³/mol. The van der Waals surface area contributed by atoms with Crippen molar-refractivity contribution in [1.29, 1.82) is 0 Å². The lowest BCUT2D eigenvalue weighted by atomic mass is 9.94. The lowest BCUT2D eigenvalue weighted by molar-refractivity contribution is -0.123. The van der Waals surface area contributed by atoms with Crippen molar-refractivity contribution in [2.45, 2.75) is 57.0 Å². The Balaban J connectivity index is 1.19. The van der Waals surface area contributed by atoms with Gasteiger partial charge in [0.15, 0.2) is 0 Å². The van der Waals surface area contributed by atoms with Gasteiger partial charge in [0.2, 0.25) is 5.91 Å². The Bertz CT molecular complexity index is 564. The minimum absolute atomic E-state index is 0.198. The van der Waals surface area contributed by atoms with Crippen molar-refractivity contribution in [2.75, 3.05) is 32.7 Å². The highest BCUT2D eigenvalue weighted by Gasteiger charge is 2.27. The third-order valence-corrected chi connectivity index (χ3v) is 6.28. The molecule has 4 rings (SSSR count). The first kappa shape index (κ1) is 17.0. The van der Waals surface area contributed by atoms with E-state index in [2.05, 4.69) is 39.4 Å². The quantitative estimate of drug-likeness (QED) is 0.912. The zero-order chi connectivity index (χ0) is 17.1. The fourth-order valence-corrected chi connectivity index (χ4v) is 4.87. The molecule has 3 aliphatic rings. The van der Waals surface area contributed by atoms with Crippen molar-refractivity contribution in [1.82, 2.24) is 15.1 Å². The van der Waals surface area contributed by atoms with Gasteiger partial charge in [0.25, 0.3) is 0 Å². The van der Waals surface area contributed by atoms with Crippen LogP contribution in [0.2, 0.25) is 0 Å². The number of carbonyl (C=O) groups excluding carboxylic acids is 1. The number of nitrogens with zero attached hydrogens (tertiary/aromatic N) is 2. The van der Waals surface area contributed by atoms with Crippen LogP contribution in [0.5, 0.6) is 0 Å². The second-order valence-electron chi connectivity index (χ2n) is 8.05. The fourth-order valence-electron chi connectivity index (χ4n) is 4.87. The molecule has 0 spiro atoms. The number of carbonyl (C=O) groups is 1. The molecule has 136 valence electrons. The molecular weight excluding hydrogens is 310 g/mol. The second kappa shape index (κ2) is 7.88. The Morgan fingerprint density at radius 1 is 0.960 bits per heavy atom. The van der Waals surface area contributed by atoms with Crippen LogP contribution in [0, 0.1) is 0 Å². The number of hydrogen-bond acceptors (Lipinski definition) is 3. The van der Waals surface area contributed by atoms with Gasteiger partial charge in [0.1, 0.15) is 0 Å². The average Bonchev–Trinajstić information content (AvgIpc) is 3.05. The molecule has 1 aromatic carbocycles. The molecule has 1 heterocycles. The first-order chi connectivity index (χ1) is 12.3. The lowest BCUT2D eigenvalue weighted by Gasteiger charge is -2.40. The smallest absolute Gasteiger partial charge is 0.234 e. The molecule has 0 unspecified atom stereocenters. The standard InChI is InChI=1S/C21H31N3O/c25-21(22-19-14-17-6-4-5-7-18(17)15-19)16-23-10-12-24(13-11-23)20-8-2-1-3-9-20/h4-7,19-20H,1-3,8-16H2,(H,22,25). The van der Waals surface area contributed by atoms with Crippen LogP contribution in [0.15, 0.2) is 24.3 Å². The maximum absolute atomic E-state index is 12.4. The summed E-state index contributed by atoms with van der Waals surface area (Å²) in [4.78, 5) is 17.4. The molecule has 1 aliphatic heterocycles. The molecule has 4 heteroatoms. The minimum atomic E-state index is 0.198. The van der Waals surface area contributed by atoms with Gasteiger partial charge < -0.3 is 5.32 Å². The van der Waals surface area contributed by atoms with Crippen LogP contribution < -0.4 is 5.32 Å². The van der Waals surface area contributed by atoms with Crippen LogP contribution >= 0.6 is 0 Å². The summed E-state index contributed by atoms with van der Waals surface area (Å²) >= 11 is 0. The second-order valence-corrected chi connectivity index (χ2v) is 8.05. The average molecular weight is 341 g/mol. The first-order valence-electron chi connectivity index (χ1n) is 10.1. The van der Waals surface area contributed by atoms with Crippen LogP contribution in [0.1, 0.15) is 43.2 Å². The number of fused-ring (bicyclic) bond motifs is 1. The highest BCUT2D eigenvalue weighted by molar-refractivity contribution is 5.78. The monoisotopic (exact) mass is 341 g/mol. The van der Waals surface area contributed by atoms with E-state index in [0.29, 0.717) is 6.54 Å². The lowest BCUT2D eigenvalue weighted by Crippen LogP contribution is -2.53. The van der Waals surface area contributed by atoms with Gasteiger partial charge in [-0.2, -0.15) is 0 Å². The van der Waals surface area contributed by atoms with Crippen molar-refractivity contribution in [3.63, 3.8) is 0 Å². The van der Waals surface area contributed by atoms with E-state index in [1.165, 1.54) is 43.2 Å². The highest BCUT2D eigenvalue weighted by Crippen LogP contribution is 2.24. The van der Waals surface area contributed by atoms with Crippen molar-refractivity contribution in [3.8, 4) is 0 Å². The molecular formula is C21H31N3O. The van der Waals surface area contributed by atoms with E-state index in [0.717, 1.165) is 45.1 Å². The van der Waals surface area contributed by atoms with Gasteiger partial charge in [-0.25, -0.2) is 0 Å². The van der Waals surface area contributed by atoms with E-state index in [-0.39, 0.29) is 11.9 Å². The third kappa shape index (κ3) is 4.24. The molecule has 1 amide bonds. The number of benzene rings is 1. The summed E-state index contributed by atoms with van der Waals surface area (Å²) in [7, 11) is 0. The molecule has 0 atom stereocenters. The van der Waals surface area contributed by atoms with Gasteiger partial charge in [-0.3, -0.25) is 14.6 Å². The molecule has 2 aliphatic carbocycles. The summed E-state index contributed by atoms with van der Waals surface area (Å²) in [6, 6.07) is 9.65. The van der Waals surface area contributed by atoms with Crippen LogP contribution in [-0.2, 0) is 17.6 Å². The Morgan fingerprint density at radius 3 is 2.24 bits per heavy atom. The Labute approximate surface area is 151 Å². The number of piperazine rings is 1. The van der Waals surface area contributed by atoms with Crippen molar-refractivity contribution < 1.29 is 4.79 Å². The summed E-state index contributed by atoms with van der Waals surface area (Å²) < 4.78 is 0. The molecule has 0 bridgehead atoms. The number of hydrogen-bond donors (Lipinski definition) is 1. The summed E-state index contributed by atoms with van der Waals surface area (Å²) in [5, 5.41) is 3.25. The number of amides is 1. The Hall–Kier alpha value is -1.39. The van der Waals surface area contributed by atoms with Crippen LogP contribution in [0.4, 0.5) is 0 Å². The zero-order valence-corrected chi connectivity index (χ0v) is 15.3. The van der Waals surface area contributed by atoms with E-state index >= 15 is 0 Å². The molecule has 1 N–H and O–H groups in total. The Morgan fingerprint density at radius 2 is 1.60 bits per heavy atom. The zero-order valence-electron chi connectivity index (χ0n) is 15.3. The van der Waals surface area contributed by atoms with E-state index in [9.17, 15) is 4.79 Å². The van der Waals surface area contributed by atoms with Crippen molar-refractivity contribution >= 4 is 5.91 Å². The van der Waals surface area contributed by atoms with Gasteiger partial charge in [-0.05, 0) is 36.8 Å². The Kier molecular flexibility index (Phi) is 5.37. The van der Waals surface area contributed by atoms with Gasteiger partial charge in [-0.15, -0.1) is 0 Å². The van der Waals surface area contributed by atoms with Crippen LogP contribution in [-0.4, -0.2) is 60.5 Å². The summed E-state index contributed by atoms with van der Waals surface area (Å²) in [5.74, 6) is 0.198. The molecule has 25 heavy (non-hydrogen) atoms. The summed E-state index contributed by atoms with van der Waals surface area (Å²) in [5.41, 5.74) is 2.79. The maximum atomic E-state index is 12.4. The largest absolute Gasteiger partial charge is 0.352 e. The number of nitrogens with one attached hydrogen (secondary N) is 1. The van der Waals surface area contributed by atoms with Crippen molar-refractivity contribution in [3.05, 3.63) is 35.4 Å². The van der Waals surface area contributed by atoms with Gasteiger partial charge in [-0.1, -0.05) is 43.5 Å².